The molecule has 0 spiro atoms. The van der Waals surface area contributed by atoms with E-state index in [1.807, 2.05) is 12.1 Å². The van der Waals surface area contributed by atoms with E-state index in [-0.39, 0.29) is 29.3 Å². The number of esters is 1. The zero-order valence-electron chi connectivity index (χ0n) is 14.1. The Hall–Kier alpha value is -1.84. The van der Waals surface area contributed by atoms with E-state index in [1.54, 1.807) is 0 Å². The van der Waals surface area contributed by atoms with Gasteiger partial charge in [0.15, 0.2) is 6.61 Å². The largest absolute Gasteiger partial charge is 0.482 e. The standard InChI is InChI=1S/C19H24O4/c1-18-8-7-14(11-20)19(18,2)9-13-5-4-6-16(15(13)10-18)23-12-17(21)22-3/h4-6,11,14H,7-10,12H2,1-3H3. The molecule has 0 bridgehead atoms. The number of hydrogen-bond acceptors (Lipinski definition) is 4. The number of methoxy groups -OCH3 is 1. The highest BCUT2D eigenvalue weighted by Crippen LogP contribution is 2.61. The summed E-state index contributed by atoms with van der Waals surface area (Å²) >= 11 is 0. The van der Waals surface area contributed by atoms with Gasteiger partial charge in [-0.25, -0.2) is 4.79 Å². The van der Waals surface area contributed by atoms with E-state index in [0.717, 1.165) is 37.7 Å². The normalized spacial score (nSPS) is 31.9. The van der Waals surface area contributed by atoms with Gasteiger partial charge in [-0.1, -0.05) is 26.0 Å². The van der Waals surface area contributed by atoms with Crippen LogP contribution >= 0.6 is 0 Å². The number of hydrogen-bond donors (Lipinski definition) is 0. The van der Waals surface area contributed by atoms with Crippen molar-refractivity contribution < 1.29 is 19.1 Å². The first-order valence-electron chi connectivity index (χ1n) is 8.19. The maximum absolute atomic E-state index is 11.5. The number of rotatable bonds is 4. The predicted octanol–water partition coefficient (Wildman–Crippen LogP) is 2.96. The molecule has 0 N–H and O–H groups in total. The second-order valence-corrected chi connectivity index (χ2v) is 7.37. The molecule has 1 aromatic rings. The highest BCUT2D eigenvalue weighted by molar-refractivity contribution is 5.71. The zero-order chi connectivity index (χ0) is 16.7. The van der Waals surface area contributed by atoms with Crippen LogP contribution in [-0.2, 0) is 27.2 Å². The lowest BCUT2D eigenvalue weighted by molar-refractivity contribution is -0.143. The molecule has 0 heterocycles. The van der Waals surface area contributed by atoms with Gasteiger partial charge < -0.3 is 14.3 Å². The van der Waals surface area contributed by atoms with Crippen LogP contribution in [0.15, 0.2) is 18.2 Å². The van der Waals surface area contributed by atoms with E-state index >= 15 is 0 Å². The number of benzene rings is 1. The average molecular weight is 316 g/mol. The van der Waals surface area contributed by atoms with Crippen LogP contribution in [0.2, 0.25) is 0 Å². The van der Waals surface area contributed by atoms with Crippen molar-refractivity contribution in [2.24, 2.45) is 16.7 Å². The maximum Gasteiger partial charge on any atom is 0.343 e. The van der Waals surface area contributed by atoms with Gasteiger partial charge >= 0.3 is 5.97 Å². The van der Waals surface area contributed by atoms with Crippen LogP contribution in [0.4, 0.5) is 0 Å². The quantitative estimate of drug-likeness (QED) is 0.633. The molecular weight excluding hydrogens is 292 g/mol. The third kappa shape index (κ3) is 2.44. The minimum atomic E-state index is -0.378. The summed E-state index contributed by atoms with van der Waals surface area (Å²) in [6.07, 6.45) is 4.94. The number of fused-ring (bicyclic) bond motifs is 2. The van der Waals surface area contributed by atoms with Crippen LogP contribution in [0.25, 0.3) is 0 Å². The third-order valence-electron chi connectivity index (χ3n) is 6.30. The molecule has 4 heteroatoms. The highest BCUT2D eigenvalue weighted by atomic mass is 16.6. The Morgan fingerprint density at radius 2 is 2.13 bits per heavy atom. The van der Waals surface area contributed by atoms with E-state index < -0.39 is 0 Å². The van der Waals surface area contributed by atoms with Crippen LogP contribution in [-0.4, -0.2) is 26.0 Å². The van der Waals surface area contributed by atoms with Crippen molar-refractivity contribution in [1.29, 1.82) is 0 Å². The van der Waals surface area contributed by atoms with Crippen LogP contribution in [0.3, 0.4) is 0 Å². The summed E-state index contributed by atoms with van der Waals surface area (Å²) < 4.78 is 10.3. The Kier molecular flexibility index (Phi) is 3.95. The smallest absolute Gasteiger partial charge is 0.343 e. The first kappa shape index (κ1) is 16.0. The molecule has 2 aliphatic rings. The molecule has 0 aromatic heterocycles. The molecule has 2 aliphatic carbocycles. The summed E-state index contributed by atoms with van der Waals surface area (Å²) in [6, 6.07) is 5.99. The Balaban J connectivity index is 1.93. The number of carbonyl (C=O) groups excluding carboxylic acids is 2. The molecule has 124 valence electrons. The first-order chi connectivity index (χ1) is 10.9. The van der Waals surface area contributed by atoms with Crippen molar-refractivity contribution in [3.8, 4) is 5.75 Å². The summed E-state index contributed by atoms with van der Waals surface area (Å²) in [5.41, 5.74) is 2.52. The molecule has 23 heavy (non-hydrogen) atoms. The van der Waals surface area contributed by atoms with E-state index in [9.17, 15) is 9.59 Å². The minimum Gasteiger partial charge on any atom is -0.482 e. The zero-order valence-corrected chi connectivity index (χ0v) is 14.1. The fraction of sp³-hybridized carbons (Fsp3) is 0.579. The first-order valence-corrected chi connectivity index (χ1v) is 8.19. The monoisotopic (exact) mass is 316 g/mol. The van der Waals surface area contributed by atoms with Gasteiger partial charge in [-0.2, -0.15) is 0 Å². The second-order valence-electron chi connectivity index (χ2n) is 7.37. The lowest BCUT2D eigenvalue weighted by Gasteiger charge is -2.48. The number of ether oxygens (including phenoxy) is 2. The van der Waals surface area contributed by atoms with Crippen molar-refractivity contribution in [2.75, 3.05) is 13.7 Å². The molecule has 0 radical (unpaired) electrons. The van der Waals surface area contributed by atoms with Gasteiger partial charge in [0, 0.05) is 5.92 Å². The van der Waals surface area contributed by atoms with Crippen LogP contribution in [0, 0.1) is 16.7 Å². The Morgan fingerprint density at radius 1 is 1.35 bits per heavy atom. The summed E-state index contributed by atoms with van der Waals surface area (Å²) in [7, 11) is 1.36. The lowest BCUT2D eigenvalue weighted by Crippen LogP contribution is -2.44. The molecule has 0 saturated heterocycles. The summed E-state index contributed by atoms with van der Waals surface area (Å²) in [5, 5.41) is 0. The Labute approximate surface area is 137 Å². The van der Waals surface area contributed by atoms with Gasteiger partial charge in [-0.15, -0.1) is 0 Å². The van der Waals surface area contributed by atoms with E-state index in [1.165, 1.54) is 18.2 Å². The predicted molar refractivity (Wildman–Crippen MR) is 86.4 cm³/mol. The van der Waals surface area contributed by atoms with Crippen LogP contribution < -0.4 is 4.74 Å². The number of aldehydes is 1. The van der Waals surface area contributed by atoms with Gasteiger partial charge in [0.1, 0.15) is 12.0 Å². The maximum atomic E-state index is 11.5. The molecule has 0 amide bonds. The molecule has 1 saturated carbocycles. The molecule has 4 nitrogen and oxygen atoms in total. The van der Waals surface area contributed by atoms with Crippen molar-refractivity contribution >= 4 is 12.3 Å². The van der Waals surface area contributed by atoms with Crippen molar-refractivity contribution in [3.05, 3.63) is 29.3 Å². The average Bonchev–Trinajstić information content (AvgIpc) is 2.80. The highest BCUT2D eigenvalue weighted by Gasteiger charge is 2.56. The van der Waals surface area contributed by atoms with Gasteiger partial charge in [-0.05, 0) is 53.7 Å². The molecule has 3 unspecified atom stereocenters. The topological polar surface area (TPSA) is 52.6 Å². The molecule has 3 atom stereocenters. The summed E-state index contributed by atoms with van der Waals surface area (Å²) in [5.74, 6) is 0.516. The third-order valence-corrected chi connectivity index (χ3v) is 6.30. The second kappa shape index (κ2) is 5.66. The van der Waals surface area contributed by atoms with Crippen molar-refractivity contribution in [2.45, 2.75) is 39.5 Å². The van der Waals surface area contributed by atoms with Crippen molar-refractivity contribution in [1.82, 2.24) is 0 Å². The molecular formula is C19H24O4. The van der Waals surface area contributed by atoms with Gasteiger partial charge in [0.25, 0.3) is 0 Å². The van der Waals surface area contributed by atoms with Gasteiger partial charge in [-0.3, -0.25) is 0 Å². The Bertz CT molecular complexity index is 638. The molecule has 1 aromatic carbocycles. The van der Waals surface area contributed by atoms with E-state index in [4.69, 9.17) is 4.74 Å². The van der Waals surface area contributed by atoms with Gasteiger partial charge in [0.05, 0.1) is 7.11 Å². The van der Waals surface area contributed by atoms with Crippen LogP contribution in [0.5, 0.6) is 5.75 Å². The molecule has 1 fully saturated rings. The number of carbonyl (C=O) groups is 2. The summed E-state index contributed by atoms with van der Waals surface area (Å²) in [4.78, 5) is 22.9. The minimum absolute atomic E-state index is 0.00270. The fourth-order valence-electron chi connectivity index (χ4n) is 4.47. The molecule has 3 rings (SSSR count). The molecule has 0 aliphatic heterocycles. The fourth-order valence-corrected chi connectivity index (χ4v) is 4.47. The van der Waals surface area contributed by atoms with Crippen LogP contribution in [0.1, 0.15) is 37.8 Å². The van der Waals surface area contributed by atoms with Gasteiger partial charge in [0.2, 0.25) is 0 Å². The van der Waals surface area contributed by atoms with E-state index in [0.29, 0.717) is 0 Å². The van der Waals surface area contributed by atoms with Crippen molar-refractivity contribution in [3.63, 3.8) is 0 Å². The Morgan fingerprint density at radius 3 is 2.83 bits per heavy atom. The SMILES string of the molecule is COC(=O)COc1cccc2c1CC1(C)CCC(C=O)C1(C)C2. The summed E-state index contributed by atoms with van der Waals surface area (Å²) in [6.45, 7) is 4.47. The van der Waals surface area contributed by atoms with E-state index in [2.05, 4.69) is 24.7 Å². The lowest BCUT2D eigenvalue weighted by atomic mass is 9.56.